The number of Topliss-reactive ketones (excluding diaryl/α,β-unsaturated/α-hetero) is 2. The number of rotatable bonds is 7. The van der Waals surface area contributed by atoms with Crippen LogP contribution in [0.2, 0.25) is 0 Å². The third kappa shape index (κ3) is 3.79. The van der Waals surface area contributed by atoms with E-state index in [2.05, 4.69) is 5.32 Å². The van der Waals surface area contributed by atoms with Crippen LogP contribution in [0.5, 0.6) is 5.75 Å². The van der Waals surface area contributed by atoms with Gasteiger partial charge in [0, 0.05) is 31.0 Å². The van der Waals surface area contributed by atoms with E-state index >= 15 is 0 Å². The predicted octanol–water partition coefficient (Wildman–Crippen LogP) is 1.36. The molecular weight excluding hydrogens is 318 g/mol. The lowest BCUT2D eigenvalue weighted by Crippen LogP contribution is -2.18. The zero-order valence-electron chi connectivity index (χ0n) is 13.3. The zero-order chi connectivity index (χ0) is 17.2. The third-order valence-corrected chi connectivity index (χ3v) is 4.69. The Morgan fingerprint density at radius 2 is 1.96 bits per heavy atom. The quantitative estimate of drug-likeness (QED) is 0.350. The number of nitrogens with one attached hydrogen (secondary N) is 1. The molecule has 2 rings (SSSR count). The maximum Gasteiger partial charge on any atom is 0.198 e. The van der Waals surface area contributed by atoms with Gasteiger partial charge in [-0.05, 0) is 31.0 Å². The molecule has 0 amide bonds. The van der Waals surface area contributed by atoms with Crippen molar-refractivity contribution in [3.8, 4) is 5.75 Å². The van der Waals surface area contributed by atoms with E-state index in [9.17, 15) is 18.0 Å². The van der Waals surface area contributed by atoms with E-state index in [1.165, 1.54) is 31.5 Å². The molecule has 1 aromatic carbocycles. The van der Waals surface area contributed by atoms with Crippen LogP contribution in [0, 0.1) is 5.92 Å². The van der Waals surface area contributed by atoms with Crippen molar-refractivity contribution in [1.82, 2.24) is 5.32 Å². The zero-order valence-corrected chi connectivity index (χ0v) is 14.1. The van der Waals surface area contributed by atoms with Gasteiger partial charge in [0.15, 0.2) is 21.4 Å². The second kappa shape index (κ2) is 6.54. The molecular formula is C16H19NO5S. The fraction of sp³-hybridized carbons (Fsp3) is 0.375. The van der Waals surface area contributed by atoms with Gasteiger partial charge in [-0.25, -0.2) is 8.42 Å². The molecule has 6 nitrogen and oxygen atoms in total. The van der Waals surface area contributed by atoms with E-state index in [4.69, 9.17) is 4.74 Å². The molecule has 1 N–H and O–H groups in total. The van der Waals surface area contributed by atoms with Gasteiger partial charge >= 0.3 is 0 Å². The van der Waals surface area contributed by atoms with Gasteiger partial charge in [-0.15, -0.1) is 0 Å². The molecule has 23 heavy (non-hydrogen) atoms. The second-order valence-corrected chi connectivity index (χ2v) is 7.44. The smallest absolute Gasteiger partial charge is 0.198 e. The van der Waals surface area contributed by atoms with Crippen molar-refractivity contribution in [2.75, 3.05) is 20.4 Å². The summed E-state index contributed by atoms with van der Waals surface area (Å²) < 4.78 is 28.7. The first-order valence-corrected chi connectivity index (χ1v) is 9.03. The largest absolute Gasteiger partial charge is 0.495 e. The summed E-state index contributed by atoms with van der Waals surface area (Å²) in [6.07, 6.45) is 3.97. The molecule has 1 saturated carbocycles. The Morgan fingerprint density at radius 3 is 2.43 bits per heavy atom. The summed E-state index contributed by atoms with van der Waals surface area (Å²) in [7, 11) is -0.605. The van der Waals surface area contributed by atoms with Gasteiger partial charge in [-0.1, -0.05) is 0 Å². The summed E-state index contributed by atoms with van der Waals surface area (Å²) in [6, 6.07) is 4.13. The molecule has 0 aromatic heterocycles. The molecule has 0 spiro atoms. The molecule has 1 aromatic rings. The molecule has 124 valence electrons. The lowest BCUT2D eigenvalue weighted by Gasteiger charge is -2.10. The van der Waals surface area contributed by atoms with Crippen LogP contribution in [0.4, 0.5) is 0 Å². The molecule has 0 atom stereocenters. The minimum atomic E-state index is -3.56. The van der Waals surface area contributed by atoms with Gasteiger partial charge in [-0.3, -0.25) is 9.59 Å². The fourth-order valence-electron chi connectivity index (χ4n) is 2.22. The maximum absolute atomic E-state index is 12.6. The Bertz CT molecular complexity index is 776. The monoisotopic (exact) mass is 337 g/mol. The topological polar surface area (TPSA) is 89.5 Å². The van der Waals surface area contributed by atoms with E-state index < -0.39 is 15.6 Å². The molecule has 0 bridgehead atoms. The second-order valence-electron chi connectivity index (χ2n) is 5.45. The molecule has 1 aliphatic rings. The fourth-order valence-corrected chi connectivity index (χ4v) is 3.08. The van der Waals surface area contributed by atoms with Crippen LogP contribution in [-0.2, 0) is 14.6 Å². The van der Waals surface area contributed by atoms with Crippen LogP contribution in [0.25, 0.3) is 0 Å². The Kier molecular flexibility index (Phi) is 4.89. The van der Waals surface area contributed by atoms with Crippen LogP contribution in [-0.4, -0.2) is 40.4 Å². The number of hydrogen-bond acceptors (Lipinski definition) is 6. The number of carbonyl (C=O) groups excluding carboxylic acids is 2. The summed E-state index contributed by atoms with van der Waals surface area (Å²) in [6.45, 7) is 0. The number of hydrogen-bond donors (Lipinski definition) is 1. The average molecular weight is 337 g/mol. The molecule has 0 aliphatic heterocycles. The molecule has 1 aliphatic carbocycles. The first-order valence-electron chi connectivity index (χ1n) is 7.14. The highest BCUT2D eigenvalue weighted by Gasteiger charge is 2.35. The van der Waals surface area contributed by atoms with Crippen molar-refractivity contribution < 1.29 is 22.7 Å². The summed E-state index contributed by atoms with van der Waals surface area (Å²) >= 11 is 0. The van der Waals surface area contributed by atoms with Gasteiger partial charge in [0.25, 0.3) is 0 Å². The lowest BCUT2D eigenvalue weighted by molar-refractivity contribution is -0.116. The van der Waals surface area contributed by atoms with Crippen molar-refractivity contribution in [2.24, 2.45) is 5.92 Å². The highest BCUT2D eigenvalue weighted by Crippen LogP contribution is 2.33. The number of methoxy groups -OCH3 is 1. The number of carbonyl (C=O) groups is 2. The number of ketones is 2. The van der Waals surface area contributed by atoms with Crippen molar-refractivity contribution in [3.05, 3.63) is 35.5 Å². The summed E-state index contributed by atoms with van der Waals surface area (Å²) in [4.78, 5) is 24.8. The first-order chi connectivity index (χ1) is 10.8. The van der Waals surface area contributed by atoms with Gasteiger partial charge in [0.05, 0.1) is 12.7 Å². The molecule has 0 radical (unpaired) electrons. The minimum absolute atomic E-state index is 0.0413. The predicted molar refractivity (Wildman–Crippen MR) is 85.3 cm³/mol. The summed E-state index contributed by atoms with van der Waals surface area (Å²) in [5.41, 5.74) is 0.182. The Hall–Kier alpha value is -2.15. The lowest BCUT2D eigenvalue weighted by atomic mass is 9.98. The number of sulfone groups is 1. The maximum atomic E-state index is 12.6. The highest BCUT2D eigenvalue weighted by atomic mass is 32.2. The van der Waals surface area contributed by atoms with Crippen molar-refractivity contribution in [2.45, 2.75) is 17.7 Å². The van der Waals surface area contributed by atoms with E-state index in [1.807, 2.05) is 0 Å². The normalized spacial score (nSPS) is 15.2. The first kappa shape index (κ1) is 17.2. The minimum Gasteiger partial charge on any atom is -0.495 e. The van der Waals surface area contributed by atoms with E-state index in [0.717, 1.165) is 19.1 Å². The highest BCUT2D eigenvalue weighted by molar-refractivity contribution is 7.90. The average Bonchev–Trinajstić information content (AvgIpc) is 3.34. The van der Waals surface area contributed by atoms with Crippen LogP contribution in [0.3, 0.4) is 0 Å². The van der Waals surface area contributed by atoms with Crippen molar-refractivity contribution in [1.29, 1.82) is 0 Å². The van der Waals surface area contributed by atoms with Gasteiger partial charge < -0.3 is 10.1 Å². The Balaban J connectivity index is 2.46. The van der Waals surface area contributed by atoms with E-state index in [1.54, 1.807) is 7.05 Å². The van der Waals surface area contributed by atoms with Crippen molar-refractivity contribution >= 4 is 21.4 Å². The molecule has 1 fully saturated rings. The van der Waals surface area contributed by atoms with Gasteiger partial charge in [0.1, 0.15) is 10.6 Å². The number of ether oxygens (including phenoxy) is 1. The molecule has 0 saturated heterocycles. The molecule has 7 heteroatoms. The summed E-state index contributed by atoms with van der Waals surface area (Å²) in [5, 5.41) is 2.70. The van der Waals surface area contributed by atoms with Gasteiger partial charge in [0.2, 0.25) is 0 Å². The summed E-state index contributed by atoms with van der Waals surface area (Å²) in [5.74, 6) is -0.646. The van der Waals surface area contributed by atoms with Crippen LogP contribution >= 0.6 is 0 Å². The molecule has 0 heterocycles. The Morgan fingerprint density at radius 1 is 1.30 bits per heavy atom. The molecule has 0 unspecified atom stereocenters. The van der Waals surface area contributed by atoms with Crippen molar-refractivity contribution in [3.63, 3.8) is 0 Å². The third-order valence-electron chi connectivity index (χ3n) is 3.57. The SMILES string of the molecule is CNC=C(C(=O)c1ccc(OC)c(S(C)(=O)=O)c1)C(=O)C1CC1. The van der Waals surface area contributed by atoms with E-state index in [0.29, 0.717) is 0 Å². The van der Waals surface area contributed by atoms with Crippen LogP contribution < -0.4 is 10.1 Å². The van der Waals surface area contributed by atoms with Crippen LogP contribution in [0.1, 0.15) is 23.2 Å². The number of allylic oxidation sites excluding steroid dienone is 1. The van der Waals surface area contributed by atoms with Crippen LogP contribution in [0.15, 0.2) is 34.9 Å². The van der Waals surface area contributed by atoms with E-state index in [-0.39, 0.29) is 33.5 Å². The Labute approximate surface area is 135 Å². The standard InChI is InChI=1S/C16H19NO5S/c1-17-9-12(15(18)10-4-5-10)16(19)11-6-7-13(22-2)14(8-11)23(3,20)21/h6-10,17H,4-5H2,1-3H3. The van der Waals surface area contributed by atoms with Gasteiger partial charge in [-0.2, -0.15) is 0 Å². The number of benzene rings is 1.